The number of hydrogen-bond acceptors (Lipinski definition) is 8. The molecule has 0 rings (SSSR count). The minimum atomic E-state index is -4.31. The second-order valence-electron chi connectivity index (χ2n) is 13.4. The molecule has 0 amide bonds. The van der Waals surface area contributed by atoms with Gasteiger partial charge < -0.3 is 25.2 Å². The van der Waals surface area contributed by atoms with Crippen LogP contribution in [0.2, 0.25) is 0 Å². The Balaban J connectivity index is 4.31. The molecule has 0 aliphatic heterocycles. The van der Waals surface area contributed by atoms with Crippen LogP contribution >= 0.6 is 7.82 Å². The van der Waals surface area contributed by atoms with E-state index in [0.29, 0.717) is 12.8 Å². The molecule has 0 aromatic rings. The van der Waals surface area contributed by atoms with Crippen molar-refractivity contribution in [3.8, 4) is 0 Å². The van der Waals surface area contributed by atoms with Gasteiger partial charge in [-0.05, 0) is 51.0 Å². The van der Waals surface area contributed by atoms with Gasteiger partial charge in [-0.25, -0.2) is 4.57 Å². The van der Waals surface area contributed by atoms with Crippen molar-refractivity contribution in [2.45, 2.75) is 180 Å². The molecule has 0 spiro atoms. The van der Waals surface area contributed by atoms with Crippen LogP contribution in [0, 0.1) is 0 Å². The number of carbonyl (C=O) groups is 1. The Morgan fingerprint density at radius 2 is 1.27 bits per heavy atom. The van der Waals surface area contributed by atoms with Crippen LogP contribution in [0.25, 0.3) is 0 Å². The fraction of sp³-hybridized carbons (Fsp3) is 0.780. The monoisotopic (exact) mass is 742 g/mol. The summed E-state index contributed by atoms with van der Waals surface area (Å²) in [5, 5.41) is 10.2. The van der Waals surface area contributed by atoms with Gasteiger partial charge in [-0.3, -0.25) is 13.8 Å². The van der Waals surface area contributed by atoms with Gasteiger partial charge in [0.25, 0.3) is 0 Å². The fourth-order valence-electron chi connectivity index (χ4n) is 5.34. The van der Waals surface area contributed by atoms with Crippen molar-refractivity contribution in [3.63, 3.8) is 0 Å². The minimum absolute atomic E-state index is 0.0749. The maximum absolute atomic E-state index is 12.4. The Hall–Kier alpha value is -1.74. The summed E-state index contributed by atoms with van der Waals surface area (Å²) in [6, 6.07) is 0. The molecule has 0 aromatic carbocycles. The van der Waals surface area contributed by atoms with Crippen molar-refractivity contribution in [2.24, 2.45) is 5.73 Å². The van der Waals surface area contributed by atoms with Crippen LogP contribution in [0.3, 0.4) is 0 Å². The third kappa shape index (κ3) is 37.8. The molecular weight excluding hydrogens is 665 g/mol. The average molecular weight is 742 g/mol. The highest BCUT2D eigenvalue weighted by atomic mass is 31.2. The summed E-state index contributed by atoms with van der Waals surface area (Å²) in [5.41, 5.74) is 5.34. The van der Waals surface area contributed by atoms with Crippen LogP contribution in [0.4, 0.5) is 0 Å². The van der Waals surface area contributed by atoms with Crippen molar-refractivity contribution < 1.29 is 37.9 Å². The van der Waals surface area contributed by atoms with Crippen molar-refractivity contribution in [2.75, 3.05) is 26.4 Å². The summed E-state index contributed by atoms with van der Waals surface area (Å²) in [4.78, 5) is 22.2. The average Bonchev–Trinajstić information content (AvgIpc) is 3.11. The first-order valence-electron chi connectivity index (χ1n) is 20.3. The van der Waals surface area contributed by atoms with E-state index in [1.165, 1.54) is 109 Å². The number of rotatable bonds is 38. The lowest BCUT2D eigenvalue weighted by Crippen LogP contribution is -2.25. The highest BCUT2D eigenvalue weighted by Crippen LogP contribution is 2.43. The largest absolute Gasteiger partial charge is 0.492 e. The number of ether oxygens (including phenoxy) is 2. The van der Waals surface area contributed by atoms with Crippen molar-refractivity contribution in [1.29, 1.82) is 0 Å². The van der Waals surface area contributed by atoms with Crippen LogP contribution in [0.1, 0.15) is 168 Å². The standard InChI is InChI=1S/C41H76NO8P/c1-3-5-7-9-11-13-15-17-19-21-23-25-27-29-35-47-40(38-50-51(45,46)49-36-34-42)37-48-41(44)33-30-32-39(43)31-28-26-24-22-20-18-16-14-12-10-8-6-4-2/h18,20,24,26,28-29,31,35,39-40,43H,3-17,19,21-23,25,27,30,32-34,36-38,42H2,1-2H3,(H,45,46)/b20-18+,26-24+,31-28+,35-29+/t39?,40-/m1/s1. The molecule has 10 heteroatoms. The Bertz CT molecular complexity index is 939. The molecule has 51 heavy (non-hydrogen) atoms. The van der Waals surface area contributed by atoms with Gasteiger partial charge in [-0.15, -0.1) is 0 Å². The predicted molar refractivity (Wildman–Crippen MR) is 211 cm³/mol. The van der Waals surface area contributed by atoms with Gasteiger partial charge in [0.1, 0.15) is 6.61 Å². The van der Waals surface area contributed by atoms with Crippen LogP contribution in [0.15, 0.2) is 48.8 Å². The van der Waals surface area contributed by atoms with Gasteiger partial charge in [0.05, 0.1) is 25.6 Å². The first-order valence-corrected chi connectivity index (χ1v) is 21.8. The highest BCUT2D eigenvalue weighted by Gasteiger charge is 2.24. The molecule has 0 heterocycles. The third-order valence-electron chi connectivity index (χ3n) is 8.44. The van der Waals surface area contributed by atoms with E-state index in [1.807, 2.05) is 18.2 Å². The maximum atomic E-state index is 12.4. The molecule has 0 radical (unpaired) electrons. The summed E-state index contributed by atoms with van der Waals surface area (Å²) in [6.45, 7) is 3.98. The maximum Gasteiger partial charge on any atom is 0.472 e. The summed E-state index contributed by atoms with van der Waals surface area (Å²) in [7, 11) is -4.31. The molecule has 9 nitrogen and oxygen atoms in total. The molecule has 0 fully saturated rings. The van der Waals surface area contributed by atoms with Gasteiger partial charge in [0, 0.05) is 13.0 Å². The molecule has 0 bridgehead atoms. The molecule has 3 atom stereocenters. The lowest BCUT2D eigenvalue weighted by molar-refractivity contribution is -0.147. The zero-order valence-electron chi connectivity index (χ0n) is 32.4. The van der Waals surface area contributed by atoms with E-state index in [9.17, 15) is 19.4 Å². The van der Waals surface area contributed by atoms with Gasteiger partial charge in [0.2, 0.25) is 0 Å². The molecular formula is C41H76NO8P. The molecule has 2 unspecified atom stereocenters. The fourth-order valence-corrected chi connectivity index (χ4v) is 6.11. The number of phosphoric ester groups is 1. The Kier molecular flexibility index (Phi) is 36.7. The number of phosphoric acid groups is 1. The van der Waals surface area contributed by atoms with Gasteiger partial charge in [-0.1, -0.05) is 153 Å². The van der Waals surface area contributed by atoms with E-state index in [0.717, 1.165) is 32.1 Å². The first kappa shape index (κ1) is 49.3. The Morgan fingerprint density at radius 3 is 1.86 bits per heavy atom. The van der Waals surface area contributed by atoms with E-state index in [1.54, 1.807) is 6.08 Å². The van der Waals surface area contributed by atoms with Crippen LogP contribution in [-0.4, -0.2) is 54.5 Å². The SMILES string of the molecule is CCCCCCCC/C=C/C/C=C/C=C/C(O)CCCC(=O)OC[C@H](COP(=O)(O)OCCN)O/C=C/CCCCCCCCCCCCCC. The first-order chi connectivity index (χ1) is 24.8. The quantitative estimate of drug-likeness (QED) is 0.0141. The topological polar surface area (TPSA) is 138 Å². The van der Waals surface area contributed by atoms with E-state index in [-0.39, 0.29) is 32.8 Å². The molecule has 298 valence electrons. The number of aliphatic hydroxyl groups excluding tert-OH is 1. The van der Waals surface area contributed by atoms with Crippen LogP contribution < -0.4 is 5.73 Å². The number of aliphatic hydroxyl groups is 1. The van der Waals surface area contributed by atoms with Crippen LogP contribution in [-0.2, 0) is 27.9 Å². The van der Waals surface area contributed by atoms with E-state index < -0.39 is 26.0 Å². The zero-order valence-corrected chi connectivity index (χ0v) is 33.3. The van der Waals surface area contributed by atoms with Crippen molar-refractivity contribution >= 4 is 13.8 Å². The number of nitrogens with two attached hydrogens (primary N) is 1. The summed E-state index contributed by atoms with van der Waals surface area (Å²) < 4.78 is 33.0. The lowest BCUT2D eigenvalue weighted by Gasteiger charge is -2.19. The van der Waals surface area contributed by atoms with Gasteiger partial charge in [-0.2, -0.15) is 0 Å². The number of unbranched alkanes of at least 4 members (excludes halogenated alkanes) is 18. The molecule has 0 aromatic heterocycles. The summed E-state index contributed by atoms with van der Waals surface area (Å²) in [6.07, 6.45) is 41.1. The molecule has 4 N–H and O–H groups in total. The summed E-state index contributed by atoms with van der Waals surface area (Å²) >= 11 is 0. The predicted octanol–water partition coefficient (Wildman–Crippen LogP) is 11.0. The van der Waals surface area contributed by atoms with Gasteiger partial charge in [0.15, 0.2) is 6.10 Å². The normalized spacial score (nSPS) is 14.6. The second kappa shape index (κ2) is 38.0. The third-order valence-corrected chi connectivity index (χ3v) is 9.43. The van der Waals surface area contributed by atoms with Crippen molar-refractivity contribution in [1.82, 2.24) is 0 Å². The van der Waals surface area contributed by atoms with E-state index in [4.69, 9.17) is 24.3 Å². The highest BCUT2D eigenvalue weighted by molar-refractivity contribution is 7.47. The lowest BCUT2D eigenvalue weighted by atomic mass is 10.0. The molecule has 0 aliphatic carbocycles. The second-order valence-corrected chi connectivity index (χ2v) is 14.9. The number of allylic oxidation sites excluding steroid dienone is 6. The van der Waals surface area contributed by atoms with E-state index in [2.05, 4.69) is 32.1 Å². The van der Waals surface area contributed by atoms with E-state index >= 15 is 0 Å². The van der Waals surface area contributed by atoms with Crippen LogP contribution in [0.5, 0.6) is 0 Å². The zero-order chi connectivity index (χ0) is 37.5. The number of hydrogen-bond donors (Lipinski definition) is 3. The van der Waals surface area contributed by atoms with Gasteiger partial charge >= 0.3 is 13.8 Å². The molecule has 0 saturated heterocycles. The minimum Gasteiger partial charge on any atom is -0.492 e. The molecule has 0 aliphatic rings. The summed E-state index contributed by atoms with van der Waals surface area (Å²) in [5.74, 6) is -0.445. The molecule has 0 saturated carbocycles. The van der Waals surface area contributed by atoms with Crippen molar-refractivity contribution in [3.05, 3.63) is 48.8 Å². The number of esters is 1. The Labute approximate surface area is 312 Å². The smallest absolute Gasteiger partial charge is 0.472 e. The number of carbonyl (C=O) groups excluding carboxylic acids is 1. The Morgan fingerprint density at radius 1 is 0.706 bits per heavy atom.